The first-order valence-corrected chi connectivity index (χ1v) is 5.90. The summed E-state index contributed by atoms with van der Waals surface area (Å²) >= 11 is 0. The van der Waals surface area contributed by atoms with E-state index in [9.17, 15) is 15.0 Å². The Kier molecular flexibility index (Phi) is 6.11. The van der Waals surface area contributed by atoms with E-state index in [1.807, 2.05) is 0 Å². The Labute approximate surface area is 112 Å². The normalized spacial score (nSPS) is 11.9. The number of ether oxygens (including phenoxy) is 2. The molecule has 0 aliphatic carbocycles. The first kappa shape index (κ1) is 15.3. The van der Waals surface area contributed by atoms with Gasteiger partial charge in [0.05, 0.1) is 25.4 Å². The lowest BCUT2D eigenvalue weighted by Crippen LogP contribution is -2.28. The van der Waals surface area contributed by atoms with Gasteiger partial charge in [-0.1, -0.05) is 0 Å². The Balaban J connectivity index is 2.50. The summed E-state index contributed by atoms with van der Waals surface area (Å²) in [5.41, 5.74) is 0.169. The molecule has 0 fully saturated rings. The van der Waals surface area contributed by atoms with Crippen LogP contribution >= 0.6 is 0 Å². The SMILES string of the molecule is COCC(O)CCNC(=O)c1ccc(OC)cc1O. The fourth-order valence-electron chi connectivity index (χ4n) is 1.55. The van der Waals surface area contributed by atoms with Crippen LogP contribution in [0, 0.1) is 0 Å². The van der Waals surface area contributed by atoms with Crippen molar-refractivity contribution < 1.29 is 24.5 Å². The number of benzene rings is 1. The molecule has 0 spiro atoms. The quantitative estimate of drug-likeness (QED) is 0.672. The molecular weight excluding hydrogens is 250 g/mol. The minimum absolute atomic E-state index is 0.144. The summed E-state index contributed by atoms with van der Waals surface area (Å²) in [5.74, 6) is -0.0661. The smallest absolute Gasteiger partial charge is 0.255 e. The first-order chi connectivity index (χ1) is 9.08. The van der Waals surface area contributed by atoms with Crippen LogP contribution in [0.2, 0.25) is 0 Å². The third-order valence-electron chi connectivity index (χ3n) is 2.57. The molecule has 106 valence electrons. The number of aliphatic hydroxyl groups is 1. The van der Waals surface area contributed by atoms with Crippen LogP contribution in [0.15, 0.2) is 18.2 Å². The Morgan fingerprint density at radius 2 is 2.16 bits per heavy atom. The number of phenolic OH excluding ortho intramolecular Hbond substituents is 1. The zero-order chi connectivity index (χ0) is 14.3. The number of amides is 1. The molecule has 0 saturated heterocycles. The molecule has 1 aromatic rings. The molecule has 0 aliphatic heterocycles. The number of hydrogen-bond acceptors (Lipinski definition) is 5. The molecule has 6 nitrogen and oxygen atoms in total. The molecule has 1 unspecified atom stereocenters. The van der Waals surface area contributed by atoms with Gasteiger partial charge in [0.1, 0.15) is 11.5 Å². The largest absolute Gasteiger partial charge is 0.507 e. The molecule has 1 aromatic carbocycles. The number of nitrogens with one attached hydrogen (secondary N) is 1. The lowest BCUT2D eigenvalue weighted by Gasteiger charge is -2.11. The molecule has 19 heavy (non-hydrogen) atoms. The lowest BCUT2D eigenvalue weighted by atomic mass is 10.1. The number of carbonyl (C=O) groups is 1. The van der Waals surface area contributed by atoms with Gasteiger partial charge in [-0.3, -0.25) is 4.79 Å². The molecule has 0 aliphatic rings. The van der Waals surface area contributed by atoms with Crippen LogP contribution in [-0.2, 0) is 4.74 Å². The second kappa shape index (κ2) is 7.60. The summed E-state index contributed by atoms with van der Waals surface area (Å²) in [6.07, 6.45) is -0.231. The highest BCUT2D eigenvalue weighted by molar-refractivity contribution is 5.96. The van der Waals surface area contributed by atoms with Crippen molar-refractivity contribution in [2.24, 2.45) is 0 Å². The number of aromatic hydroxyl groups is 1. The molecule has 6 heteroatoms. The van der Waals surface area contributed by atoms with Crippen molar-refractivity contribution in [3.63, 3.8) is 0 Å². The highest BCUT2D eigenvalue weighted by atomic mass is 16.5. The van der Waals surface area contributed by atoms with E-state index in [1.54, 1.807) is 6.07 Å². The van der Waals surface area contributed by atoms with Crippen molar-refractivity contribution in [1.82, 2.24) is 5.32 Å². The van der Waals surface area contributed by atoms with Gasteiger partial charge in [0.2, 0.25) is 0 Å². The van der Waals surface area contributed by atoms with Crippen molar-refractivity contribution in [2.75, 3.05) is 27.4 Å². The summed E-state index contributed by atoms with van der Waals surface area (Å²) in [4.78, 5) is 11.8. The Morgan fingerprint density at radius 3 is 2.74 bits per heavy atom. The molecule has 0 bridgehead atoms. The van der Waals surface area contributed by atoms with Crippen molar-refractivity contribution in [2.45, 2.75) is 12.5 Å². The second-order valence-electron chi connectivity index (χ2n) is 4.04. The second-order valence-corrected chi connectivity index (χ2v) is 4.04. The third kappa shape index (κ3) is 4.76. The molecule has 3 N–H and O–H groups in total. The topological polar surface area (TPSA) is 88.0 Å². The van der Waals surface area contributed by atoms with Crippen LogP contribution in [0.5, 0.6) is 11.5 Å². The summed E-state index contributed by atoms with van der Waals surface area (Å²) in [5, 5.41) is 21.7. The Bertz CT molecular complexity index is 421. The van der Waals surface area contributed by atoms with Gasteiger partial charge in [-0.15, -0.1) is 0 Å². The maximum Gasteiger partial charge on any atom is 0.255 e. The molecular formula is C13H19NO5. The van der Waals surface area contributed by atoms with Gasteiger partial charge >= 0.3 is 0 Å². The zero-order valence-electron chi connectivity index (χ0n) is 11.0. The summed E-state index contributed by atoms with van der Waals surface area (Å²) in [6.45, 7) is 0.526. The fourth-order valence-corrected chi connectivity index (χ4v) is 1.55. The van der Waals surface area contributed by atoms with E-state index in [0.29, 0.717) is 18.7 Å². The first-order valence-electron chi connectivity index (χ1n) is 5.90. The van der Waals surface area contributed by atoms with E-state index in [2.05, 4.69) is 5.32 Å². The molecule has 0 aromatic heterocycles. The van der Waals surface area contributed by atoms with E-state index in [4.69, 9.17) is 9.47 Å². The Morgan fingerprint density at radius 1 is 1.42 bits per heavy atom. The maximum atomic E-state index is 11.8. The van der Waals surface area contributed by atoms with Crippen LogP contribution in [0.25, 0.3) is 0 Å². The number of rotatable bonds is 7. The maximum absolute atomic E-state index is 11.8. The van der Waals surface area contributed by atoms with Gasteiger partial charge < -0.3 is 25.0 Å². The molecule has 0 radical (unpaired) electrons. The van der Waals surface area contributed by atoms with E-state index in [0.717, 1.165) is 0 Å². The number of aliphatic hydroxyl groups excluding tert-OH is 1. The number of methoxy groups -OCH3 is 2. The summed E-state index contributed by atoms with van der Waals surface area (Å²) < 4.78 is 9.70. The number of phenols is 1. The van der Waals surface area contributed by atoms with Crippen molar-refractivity contribution in [3.8, 4) is 11.5 Å². The van der Waals surface area contributed by atoms with Crippen LogP contribution in [0.1, 0.15) is 16.8 Å². The predicted octanol–water partition coefficient (Wildman–Crippen LogP) is 0.528. The minimum atomic E-state index is -0.616. The lowest BCUT2D eigenvalue weighted by molar-refractivity contribution is 0.0587. The monoisotopic (exact) mass is 269 g/mol. The van der Waals surface area contributed by atoms with Crippen molar-refractivity contribution >= 4 is 5.91 Å². The van der Waals surface area contributed by atoms with Crippen LogP contribution in [0.4, 0.5) is 0 Å². The fraction of sp³-hybridized carbons (Fsp3) is 0.462. The van der Waals surface area contributed by atoms with E-state index >= 15 is 0 Å². The van der Waals surface area contributed by atoms with Crippen molar-refractivity contribution in [3.05, 3.63) is 23.8 Å². The summed E-state index contributed by atoms with van der Waals surface area (Å²) in [7, 11) is 2.98. The average Bonchev–Trinajstić information content (AvgIpc) is 2.38. The van der Waals surface area contributed by atoms with Crippen LogP contribution in [0.3, 0.4) is 0 Å². The van der Waals surface area contributed by atoms with Gasteiger partial charge in [0.25, 0.3) is 5.91 Å². The highest BCUT2D eigenvalue weighted by Gasteiger charge is 2.12. The zero-order valence-corrected chi connectivity index (χ0v) is 11.0. The predicted molar refractivity (Wildman–Crippen MR) is 69.5 cm³/mol. The molecule has 0 saturated carbocycles. The van der Waals surface area contributed by atoms with Crippen LogP contribution in [-0.4, -0.2) is 49.6 Å². The molecule has 1 atom stereocenters. The van der Waals surface area contributed by atoms with Gasteiger partial charge in [-0.05, 0) is 18.6 Å². The molecule has 0 heterocycles. The van der Waals surface area contributed by atoms with E-state index in [-0.39, 0.29) is 17.9 Å². The number of hydrogen-bond donors (Lipinski definition) is 3. The minimum Gasteiger partial charge on any atom is -0.507 e. The van der Waals surface area contributed by atoms with Gasteiger partial charge in [0.15, 0.2) is 0 Å². The molecule has 1 amide bonds. The molecule has 1 rings (SSSR count). The Hall–Kier alpha value is -1.79. The van der Waals surface area contributed by atoms with Crippen LogP contribution < -0.4 is 10.1 Å². The van der Waals surface area contributed by atoms with Gasteiger partial charge in [0, 0.05) is 19.7 Å². The van der Waals surface area contributed by atoms with Crippen molar-refractivity contribution in [1.29, 1.82) is 0 Å². The van der Waals surface area contributed by atoms with E-state index < -0.39 is 12.0 Å². The standard InChI is InChI=1S/C13H19NO5/c1-18-8-9(15)5-6-14-13(17)11-4-3-10(19-2)7-12(11)16/h3-4,7,9,15-16H,5-6,8H2,1-2H3,(H,14,17). The number of carbonyl (C=O) groups excluding carboxylic acids is 1. The van der Waals surface area contributed by atoms with Gasteiger partial charge in [-0.25, -0.2) is 0 Å². The highest BCUT2D eigenvalue weighted by Crippen LogP contribution is 2.23. The third-order valence-corrected chi connectivity index (χ3v) is 2.57. The average molecular weight is 269 g/mol. The van der Waals surface area contributed by atoms with E-state index in [1.165, 1.54) is 26.4 Å². The van der Waals surface area contributed by atoms with Gasteiger partial charge in [-0.2, -0.15) is 0 Å². The summed E-state index contributed by atoms with van der Waals surface area (Å²) in [6, 6.07) is 4.44.